The molecule has 28 heavy (non-hydrogen) atoms. The van der Waals surface area contributed by atoms with Crippen LogP contribution in [0.2, 0.25) is 5.02 Å². The number of aliphatic hydroxyl groups is 1. The predicted octanol–water partition coefficient (Wildman–Crippen LogP) is 5.31. The van der Waals surface area contributed by atoms with Crippen molar-refractivity contribution in [2.24, 2.45) is 0 Å². The van der Waals surface area contributed by atoms with Crippen molar-refractivity contribution < 1.29 is 14.6 Å². The maximum absolute atomic E-state index is 12.0. The van der Waals surface area contributed by atoms with Crippen molar-refractivity contribution in [3.05, 3.63) is 88.7 Å². The highest BCUT2D eigenvalue weighted by atomic mass is 35.5. The monoisotopic (exact) mass is 398 g/mol. The van der Waals surface area contributed by atoms with E-state index >= 15 is 0 Å². The Kier molecular flexibility index (Phi) is 6.26. The summed E-state index contributed by atoms with van der Waals surface area (Å²) in [6.45, 7) is 3.85. The number of benzene rings is 2. The van der Waals surface area contributed by atoms with Crippen LogP contribution < -0.4 is 5.32 Å². The second-order valence-corrected chi connectivity index (χ2v) is 6.99. The second kappa shape index (κ2) is 8.85. The van der Waals surface area contributed by atoms with Gasteiger partial charge in [-0.3, -0.25) is 9.69 Å². The molecule has 1 aliphatic rings. The number of ketones is 1. The number of carbonyl (C=O) groups is 1. The molecule has 0 aromatic heterocycles. The van der Waals surface area contributed by atoms with Crippen LogP contribution in [-0.2, 0) is 9.53 Å². The van der Waals surface area contributed by atoms with Gasteiger partial charge in [-0.15, -0.1) is 0 Å². The third-order valence-corrected chi connectivity index (χ3v) is 5.02. The summed E-state index contributed by atoms with van der Waals surface area (Å²) in [5.74, 6) is 0.656. The van der Waals surface area contributed by atoms with Crippen LogP contribution in [0.4, 0.5) is 5.69 Å². The van der Waals surface area contributed by atoms with Gasteiger partial charge >= 0.3 is 0 Å². The van der Waals surface area contributed by atoms with Crippen LogP contribution in [0.25, 0.3) is 0 Å². The lowest BCUT2D eigenvalue weighted by Crippen LogP contribution is -2.37. The SMILES string of the molecule is CC(=O)/C=C(/Nc1cccc(Cl)c1C)N1/C(=C/O)OCCC1c1ccccc1. The molecule has 0 radical (unpaired) electrons. The standard InChI is InChI=1S/C22H23ClN2O3/c1-15(27)13-21(24-19-10-6-9-18(23)16(19)2)25-20(11-12-28-22(25)14-26)17-7-4-3-5-8-17/h3-10,13-14,20,24,26H,11-12H2,1-2H3/b21-13-,22-14-. The number of hydrogen-bond acceptors (Lipinski definition) is 5. The Hall–Kier alpha value is -2.92. The molecule has 146 valence electrons. The summed E-state index contributed by atoms with van der Waals surface area (Å²) in [6, 6.07) is 15.4. The summed E-state index contributed by atoms with van der Waals surface area (Å²) >= 11 is 6.25. The van der Waals surface area contributed by atoms with E-state index in [-0.39, 0.29) is 17.7 Å². The van der Waals surface area contributed by atoms with Crippen molar-refractivity contribution >= 4 is 23.1 Å². The molecule has 1 saturated heterocycles. The number of nitrogens with one attached hydrogen (secondary N) is 1. The van der Waals surface area contributed by atoms with Crippen LogP contribution in [0.3, 0.4) is 0 Å². The van der Waals surface area contributed by atoms with E-state index in [2.05, 4.69) is 5.32 Å². The van der Waals surface area contributed by atoms with Gasteiger partial charge in [0.25, 0.3) is 0 Å². The number of carbonyl (C=O) groups excluding carboxylic acids is 1. The number of anilines is 1. The minimum Gasteiger partial charge on any atom is -0.510 e. The normalized spacial score (nSPS) is 18.7. The molecule has 1 aliphatic heterocycles. The molecule has 0 aliphatic carbocycles. The number of rotatable bonds is 5. The van der Waals surface area contributed by atoms with Gasteiger partial charge < -0.3 is 15.2 Å². The molecule has 0 saturated carbocycles. The number of hydrogen-bond donors (Lipinski definition) is 2. The largest absolute Gasteiger partial charge is 0.510 e. The molecule has 0 amide bonds. The molecule has 2 aromatic rings. The van der Waals surface area contributed by atoms with Gasteiger partial charge in [0, 0.05) is 23.2 Å². The zero-order valence-electron chi connectivity index (χ0n) is 15.9. The molecule has 1 unspecified atom stereocenters. The van der Waals surface area contributed by atoms with Gasteiger partial charge in [0.05, 0.1) is 12.6 Å². The van der Waals surface area contributed by atoms with Gasteiger partial charge in [0.1, 0.15) is 12.1 Å². The molecule has 1 fully saturated rings. The third-order valence-electron chi connectivity index (χ3n) is 4.62. The smallest absolute Gasteiger partial charge is 0.231 e. The Morgan fingerprint density at radius 3 is 2.68 bits per heavy atom. The zero-order chi connectivity index (χ0) is 20.1. The summed E-state index contributed by atoms with van der Waals surface area (Å²) in [6.07, 6.45) is 3.12. The lowest BCUT2D eigenvalue weighted by molar-refractivity contribution is -0.112. The van der Waals surface area contributed by atoms with Crippen molar-refractivity contribution in [2.45, 2.75) is 26.3 Å². The third kappa shape index (κ3) is 4.31. The Balaban J connectivity index is 2.07. The lowest BCUT2D eigenvalue weighted by atomic mass is 10.0. The Bertz CT molecular complexity index is 909. The predicted molar refractivity (Wildman–Crippen MR) is 111 cm³/mol. The summed E-state index contributed by atoms with van der Waals surface area (Å²) in [4.78, 5) is 13.8. The fourth-order valence-electron chi connectivity index (χ4n) is 3.24. The van der Waals surface area contributed by atoms with Gasteiger partial charge in [-0.05, 0) is 37.1 Å². The second-order valence-electron chi connectivity index (χ2n) is 6.58. The summed E-state index contributed by atoms with van der Waals surface area (Å²) < 4.78 is 5.66. The van der Waals surface area contributed by atoms with Crippen LogP contribution >= 0.6 is 11.6 Å². The molecule has 0 bridgehead atoms. The van der Waals surface area contributed by atoms with Crippen LogP contribution in [0.5, 0.6) is 0 Å². The first-order chi connectivity index (χ1) is 13.5. The highest BCUT2D eigenvalue weighted by Gasteiger charge is 2.31. The molecule has 6 heteroatoms. The van der Waals surface area contributed by atoms with Crippen LogP contribution in [0, 0.1) is 6.92 Å². The van der Waals surface area contributed by atoms with Crippen LogP contribution in [0.15, 0.2) is 72.6 Å². The molecule has 1 heterocycles. The zero-order valence-corrected chi connectivity index (χ0v) is 16.6. The van der Waals surface area contributed by atoms with E-state index in [0.29, 0.717) is 23.9 Å². The molecule has 3 rings (SSSR count). The van der Waals surface area contributed by atoms with E-state index in [0.717, 1.165) is 23.1 Å². The first-order valence-electron chi connectivity index (χ1n) is 9.07. The van der Waals surface area contributed by atoms with Crippen molar-refractivity contribution in [3.8, 4) is 0 Å². The van der Waals surface area contributed by atoms with E-state index < -0.39 is 0 Å². The van der Waals surface area contributed by atoms with Gasteiger partial charge in [-0.1, -0.05) is 48.0 Å². The number of aliphatic hydroxyl groups excluding tert-OH is 1. The molecule has 2 N–H and O–H groups in total. The average molecular weight is 399 g/mol. The maximum atomic E-state index is 12.0. The summed E-state index contributed by atoms with van der Waals surface area (Å²) in [5.41, 5.74) is 2.70. The maximum Gasteiger partial charge on any atom is 0.231 e. The Morgan fingerprint density at radius 2 is 2.00 bits per heavy atom. The minimum atomic E-state index is -0.128. The van der Waals surface area contributed by atoms with E-state index in [4.69, 9.17) is 16.3 Å². The fraction of sp³-hybridized carbons (Fsp3) is 0.227. The van der Waals surface area contributed by atoms with Gasteiger partial charge in [0.2, 0.25) is 5.88 Å². The molecule has 2 aromatic carbocycles. The van der Waals surface area contributed by atoms with Crippen molar-refractivity contribution in [2.75, 3.05) is 11.9 Å². The van der Waals surface area contributed by atoms with Crippen molar-refractivity contribution in [1.29, 1.82) is 0 Å². The summed E-state index contributed by atoms with van der Waals surface area (Å²) in [7, 11) is 0. The molecular weight excluding hydrogens is 376 g/mol. The first-order valence-corrected chi connectivity index (χ1v) is 9.45. The number of allylic oxidation sites excluding steroid dienone is 1. The quantitative estimate of drug-likeness (QED) is 0.527. The van der Waals surface area contributed by atoms with E-state index in [1.54, 1.807) is 4.90 Å². The van der Waals surface area contributed by atoms with E-state index in [1.807, 2.05) is 55.5 Å². The Morgan fingerprint density at radius 1 is 1.25 bits per heavy atom. The first kappa shape index (κ1) is 19.8. The van der Waals surface area contributed by atoms with Gasteiger partial charge in [0.15, 0.2) is 5.78 Å². The Labute approximate surface area is 169 Å². The topological polar surface area (TPSA) is 61.8 Å². The van der Waals surface area contributed by atoms with Crippen LogP contribution in [-0.4, -0.2) is 22.4 Å². The molecule has 1 atom stereocenters. The summed E-state index contributed by atoms with van der Waals surface area (Å²) in [5, 5.41) is 13.7. The highest BCUT2D eigenvalue weighted by Crippen LogP contribution is 2.37. The van der Waals surface area contributed by atoms with E-state index in [1.165, 1.54) is 13.0 Å². The number of halogens is 1. The average Bonchev–Trinajstić information content (AvgIpc) is 2.70. The number of ether oxygens (including phenoxy) is 1. The molecule has 0 spiro atoms. The molecular formula is C22H23ClN2O3. The van der Waals surface area contributed by atoms with Crippen molar-refractivity contribution in [1.82, 2.24) is 4.90 Å². The lowest BCUT2D eigenvalue weighted by Gasteiger charge is -2.40. The minimum absolute atomic E-state index is 0.106. The fourth-order valence-corrected chi connectivity index (χ4v) is 3.42. The number of nitrogens with zero attached hydrogens (tertiary/aromatic N) is 1. The highest BCUT2D eigenvalue weighted by molar-refractivity contribution is 6.31. The van der Waals surface area contributed by atoms with Crippen molar-refractivity contribution in [3.63, 3.8) is 0 Å². The van der Waals surface area contributed by atoms with Crippen LogP contribution in [0.1, 0.15) is 30.5 Å². The van der Waals surface area contributed by atoms with Gasteiger partial charge in [-0.2, -0.15) is 0 Å². The van der Waals surface area contributed by atoms with Gasteiger partial charge in [-0.25, -0.2) is 0 Å². The molecule has 5 nitrogen and oxygen atoms in total. The van der Waals surface area contributed by atoms with E-state index in [9.17, 15) is 9.90 Å².